The van der Waals surface area contributed by atoms with Gasteiger partial charge in [-0.25, -0.2) is 0 Å². The van der Waals surface area contributed by atoms with Gasteiger partial charge in [0.1, 0.15) is 5.69 Å². The van der Waals surface area contributed by atoms with Crippen molar-refractivity contribution in [3.63, 3.8) is 0 Å². The zero-order valence-corrected chi connectivity index (χ0v) is 16.6. The average Bonchev–Trinajstić information content (AvgIpc) is 3.21. The molecule has 0 aliphatic carbocycles. The number of hydrogen-bond donors (Lipinski definition) is 1. The second-order valence-electron chi connectivity index (χ2n) is 6.43. The number of anilines is 1. The number of nitrogens with zero attached hydrogens (tertiary/aromatic N) is 2. The van der Waals surface area contributed by atoms with Gasteiger partial charge in [0.2, 0.25) is 5.91 Å². The first-order chi connectivity index (χ1) is 13.1. The van der Waals surface area contributed by atoms with Gasteiger partial charge in [-0.1, -0.05) is 18.2 Å². The van der Waals surface area contributed by atoms with Gasteiger partial charge >= 0.3 is 0 Å². The van der Waals surface area contributed by atoms with Gasteiger partial charge in [0.15, 0.2) is 0 Å². The van der Waals surface area contributed by atoms with Gasteiger partial charge < -0.3 is 10.2 Å². The number of rotatable bonds is 8. The molecule has 0 radical (unpaired) electrons. The van der Waals surface area contributed by atoms with E-state index in [0.717, 1.165) is 24.3 Å². The van der Waals surface area contributed by atoms with Crippen molar-refractivity contribution in [3.8, 4) is 0 Å². The molecule has 0 saturated carbocycles. The summed E-state index contributed by atoms with van der Waals surface area (Å²) in [5.74, 6) is 1.99. The Morgan fingerprint density at radius 3 is 2.74 bits per heavy atom. The molecule has 27 heavy (non-hydrogen) atoms. The van der Waals surface area contributed by atoms with Gasteiger partial charge in [-0.15, -0.1) is 11.3 Å². The van der Waals surface area contributed by atoms with Crippen LogP contribution in [0.2, 0.25) is 0 Å². The van der Waals surface area contributed by atoms with Crippen molar-refractivity contribution in [1.29, 1.82) is 0 Å². The van der Waals surface area contributed by atoms with E-state index in [1.54, 1.807) is 23.5 Å². The molecule has 1 saturated heterocycles. The summed E-state index contributed by atoms with van der Waals surface area (Å²) in [6.07, 6.45) is 1.44. The number of thioether (sulfide) groups is 1. The molecule has 144 valence electrons. The molecule has 6 nitrogen and oxygen atoms in total. The van der Waals surface area contributed by atoms with Gasteiger partial charge in [0.25, 0.3) is 5.69 Å². The van der Waals surface area contributed by atoms with Crippen molar-refractivity contribution in [2.75, 3.05) is 30.3 Å². The number of carbonyl (C=O) groups is 1. The van der Waals surface area contributed by atoms with Crippen LogP contribution in [0.1, 0.15) is 17.7 Å². The average molecular weight is 406 g/mol. The number of nitro benzene ring substituents is 1. The quantitative estimate of drug-likeness (QED) is 0.409. The van der Waals surface area contributed by atoms with Gasteiger partial charge in [-0.3, -0.25) is 14.9 Å². The molecule has 0 atom stereocenters. The molecule has 2 aromatic rings. The van der Waals surface area contributed by atoms with Crippen LogP contribution in [0.15, 0.2) is 41.8 Å². The number of nitro groups is 1. The van der Waals surface area contributed by atoms with Crippen molar-refractivity contribution in [2.24, 2.45) is 5.92 Å². The molecule has 1 N–H and O–H groups in total. The third kappa shape index (κ3) is 5.46. The summed E-state index contributed by atoms with van der Waals surface area (Å²) >= 11 is 3.58. The van der Waals surface area contributed by atoms with E-state index in [4.69, 9.17) is 0 Å². The third-order valence-electron chi connectivity index (χ3n) is 4.65. The van der Waals surface area contributed by atoms with Crippen LogP contribution in [-0.4, -0.2) is 36.2 Å². The van der Waals surface area contributed by atoms with Gasteiger partial charge in [-0.05, 0) is 30.4 Å². The van der Waals surface area contributed by atoms with Gasteiger partial charge in [-0.2, -0.15) is 11.8 Å². The lowest BCUT2D eigenvalue weighted by Gasteiger charge is -2.32. The molecule has 2 heterocycles. The largest absolute Gasteiger partial charge is 0.366 e. The van der Waals surface area contributed by atoms with E-state index in [9.17, 15) is 14.9 Å². The second-order valence-corrected chi connectivity index (χ2v) is 8.57. The molecule has 1 fully saturated rings. The fraction of sp³-hybridized carbons (Fsp3) is 0.421. The minimum atomic E-state index is -0.345. The predicted octanol–water partition coefficient (Wildman–Crippen LogP) is 3.92. The normalized spacial score (nSPS) is 14.9. The van der Waals surface area contributed by atoms with Crippen LogP contribution in [0.3, 0.4) is 0 Å². The van der Waals surface area contributed by atoms with E-state index in [-0.39, 0.29) is 22.4 Å². The first kappa shape index (κ1) is 19.7. The molecular formula is C19H23N3O3S2. The number of nitrogens with one attached hydrogen (secondary N) is 1. The molecule has 0 unspecified atom stereocenters. The lowest BCUT2D eigenvalue weighted by Crippen LogP contribution is -2.41. The van der Waals surface area contributed by atoms with Crippen molar-refractivity contribution in [1.82, 2.24) is 5.32 Å². The second kappa shape index (κ2) is 9.75. The van der Waals surface area contributed by atoms with E-state index in [0.29, 0.717) is 25.3 Å². The highest BCUT2D eigenvalue weighted by atomic mass is 32.2. The molecule has 0 spiro atoms. The fourth-order valence-corrected chi connectivity index (χ4v) is 4.93. The maximum Gasteiger partial charge on any atom is 0.292 e. The molecule has 1 aromatic heterocycles. The Kier molecular flexibility index (Phi) is 7.11. The maximum absolute atomic E-state index is 12.4. The van der Waals surface area contributed by atoms with E-state index >= 15 is 0 Å². The predicted molar refractivity (Wildman–Crippen MR) is 112 cm³/mol. The highest BCUT2D eigenvalue weighted by Crippen LogP contribution is 2.31. The summed E-state index contributed by atoms with van der Waals surface area (Å²) in [7, 11) is 0. The Balaban J connectivity index is 1.40. The van der Waals surface area contributed by atoms with Crippen molar-refractivity contribution in [3.05, 3.63) is 56.8 Å². The highest BCUT2D eigenvalue weighted by molar-refractivity contribution is 7.98. The Bertz CT molecular complexity index is 759. The first-order valence-corrected chi connectivity index (χ1v) is 11.0. The van der Waals surface area contributed by atoms with Gasteiger partial charge in [0, 0.05) is 48.0 Å². The number of amides is 1. The van der Waals surface area contributed by atoms with E-state index in [1.165, 1.54) is 10.9 Å². The SMILES string of the molecule is O=C(NCCSCc1cccs1)C1CCN(c2ccccc2[N+](=O)[O-])CC1. The highest BCUT2D eigenvalue weighted by Gasteiger charge is 2.27. The Hall–Kier alpha value is -2.06. The number of hydrogen-bond acceptors (Lipinski definition) is 6. The van der Waals surface area contributed by atoms with Crippen LogP contribution in [0.25, 0.3) is 0 Å². The molecule has 3 rings (SSSR count). The molecule has 1 amide bonds. The summed E-state index contributed by atoms with van der Waals surface area (Å²) < 4.78 is 0. The molecule has 0 bridgehead atoms. The Morgan fingerprint density at radius 1 is 1.26 bits per heavy atom. The maximum atomic E-state index is 12.4. The third-order valence-corrected chi connectivity index (χ3v) is 6.72. The molecule has 1 aromatic carbocycles. The smallest absolute Gasteiger partial charge is 0.292 e. The summed E-state index contributed by atoms with van der Waals surface area (Å²) in [6.45, 7) is 2.01. The van der Waals surface area contributed by atoms with Crippen LogP contribution in [0.5, 0.6) is 0 Å². The Morgan fingerprint density at radius 2 is 2.04 bits per heavy atom. The monoisotopic (exact) mass is 405 g/mol. The lowest BCUT2D eigenvalue weighted by atomic mass is 9.95. The topological polar surface area (TPSA) is 75.5 Å². The summed E-state index contributed by atoms with van der Waals surface area (Å²) in [5, 5.41) is 16.3. The molecule has 1 aliphatic heterocycles. The minimum Gasteiger partial charge on any atom is -0.366 e. The number of benzene rings is 1. The van der Waals surface area contributed by atoms with Crippen LogP contribution in [-0.2, 0) is 10.5 Å². The first-order valence-electron chi connectivity index (χ1n) is 9.01. The molecular weight excluding hydrogens is 382 g/mol. The standard InChI is InChI=1S/C19H23N3O3S2/c23-19(20-9-13-26-14-16-4-3-12-27-16)15-7-10-21(11-8-15)17-5-1-2-6-18(17)22(24)25/h1-6,12,15H,7-11,13-14H2,(H,20,23). The van der Waals surface area contributed by atoms with Crippen LogP contribution in [0.4, 0.5) is 11.4 Å². The van der Waals surface area contributed by atoms with E-state index in [2.05, 4.69) is 22.8 Å². The van der Waals surface area contributed by atoms with Crippen LogP contribution < -0.4 is 10.2 Å². The lowest BCUT2D eigenvalue weighted by molar-refractivity contribution is -0.384. The van der Waals surface area contributed by atoms with Crippen LogP contribution >= 0.6 is 23.1 Å². The summed E-state index contributed by atoms with van der Waals surface area (Å²) in [4.78, 5) is 26.6. The Labute approximate surface area is 167 Å². The van der Waals surface area contributed by atoms with Crippen molar-refractivity contribution in [2.45, 2.75) is 18.6 Å². The molecule has 1 aliphatic rings. The number of para-hydroxylation sites is 2. The van der Waals surface area contributed by atoms with Crippen LogP contribution in [0, 0.1) is 16.0 Å². The molecule has 8 heteroatoms. The van der Waals surface area contributed by atoms with Gasteiger partial charge in [0.05, 0.1) is 4.92 Å². The number of carbonyl (C=O) groups excluding carboxylic acids is 1. The minimum absolute atomic E-state index is 0.00804. The fourth-order valence-electron chi connectivity index (χ4n) is 3.23. The zero-order valence-electron chi connectivity index (χ0n) is 15.0. The van der Waals surface area contributed by atoms with E-state index in [1.807, 2.05) is 22.7 Å². The summed E-state index contributed by atoms with van der Waals surface area (Å²) in [5.41, 5.74) is 0.773. The zero-order chi connectivity index (χ0) is 19.1. The number of thiophene rings is 1. The van der Waals surface area contributed by atoms with Crippen molar-refractivity contribution < 1.29 is 9.72 Å². The van der Waals surface area contributed by atoms with E-state index < -0.39 is 0 Å². The van der Waals surface area contributed by atoms with Crippen molar-refractivity contribution >= 4 is 40.4 Å². The number of piperidine rings is 1. The summed E-state index contributed by atoms with van der Waals surface area (Å²) in [6, 6.07) is 11.0.